The lowest BCUT2D eigenvalue weighted by atomic mass is 9.79. The van der Waals surface area contributed by atoms with Gasteiger partial charge in [0, 0.05) is 37.1 Å². The van der Waals surface area contributed by atoms with Gasteiger partial charge < -0.3 is 44.9 Å². The van der Waals surface area contributed by atoms with Gasteiger partial charge >= 0.3 is 5.97 Å². The lowest BCUT2D eigenvalue weighted by Crippen LogP contribution is -2.59. The molecule has 3 heterocycles. The minimum absolute atomic E-state index is 0.0723. The van der Waals surface area contributed by atoms with Crippen molar-refractivity contribution in [2.75, 3.05) is 38.8 Å². The van der Waals surface area contributed by atoms with Crippen molar-refractivity contribution in [1.29, 1.82) is 0 Å². The molecule has 2 aromatic rings. The van der Waals surface area contributed by atoms with E-state index >= 15 is 0 Å². The van der Waals surface area contributed by atoms with Crippen molar-refractivity contribution in [2.24, 2.45) is 17.8 Å². The van der Waals surface area contributed by atoms with E-state index in [0.717, 1.165) is 5.69 Å². The summed E-state index contributed by atoms with van der Waals surface area (Å²) in [5.74, 6) is -1.60. The van der Waals surface area contributed by atoms with Crippen LogP contribution in [-0.4, -0.2) is 153 Å². The second kappa shape index (κ2) is 19.8. The number of hydrogen-bond donors (Lipinski definition) is 5. The topological polar surface area (TPSA) is 209 Å². The molecule has 2 aliphatic rings. The molecule has 2 fully saturated rings. The summed E-state index contributed by atoms with van der Waals surface area (Å²) in [6.45, 7) is 16.4. The average Bonchev–Trinajstić information content (AvgIpc) is 3.61. The van der Waals surface area contributed by atoms with Crippen LogP contribution in [0.1, 0.15) is 86.8 Å². The van der Waals surface area contributed by atoms with Gasteiger partial charge in [-0.3, -0.25) is 14.4 Å². The van der Waals surface area contributed by atoms with Gasteiger partial charge in [-0.15, -0.1) is 5.10 Å². The molecule has 0 unspecified atom stereocenters. The summed E-state index contributed by atoms with van der Waals surface area (Å²) in [6, 6.07) is 5.69. The Hall–Kier alpha value is -2.74. The van der Waals surface area contributed by atoms with Crippen molar-refractivity contribution in [2.45, 2.75) is 159 Å². The van der Waals surface area contributed by atoms with Crippen LogP contribution in [-0.2, 0) is 41.9 Å². The Bertz CT molecular complexity index is 1730. The van der Waals surface area contributed by atoms with Gasteiger partial charge in [-0.05, 0) is 104 Å². The molecule has 58 heavy (non-hydrogen) atoms. The van der Waals surface area contributed by atoms with Gasteiger partial charge in [-0.25, -0.2) is 8.42 Å². The summed E-state index contributed by atoms with van der Waals surface area (Å²) in [4.78, 5) is 17.7. The van der Waals surface area contributed by atoms with E-state index in [1.54, 1.807) is 49.7 Å². The minimum atomic E-state index is -3.28. The van der Waals surface area contributed by atoms with E-state index in [0.29, 0.717) is 51.1 Å². The monoisotopic (exact) mass is 838 g/mol. The second-order valence-corrected chi connectivity index (χ2v) is 19.7. The number of sulfone groups is 1. The Morgan fingerprint density at radius 1 is 1.07 bits per heavy atom. The molecule has 0 aliphatic carbocycles. The summed E-state index contributed by atoms with van der Waals surface area (Å²) in [5.41, 5.74) is -1.65. The quantitative estimate of drug-likeness (QED) is 0.206. The molecular weight excluding hydrogens is 769 g/mol. The van der Waals surface area contributed by atoms with Gasteiger partial charge in [0.1, 0.15) is 29.6 Å². The third-order valence-electron chi connectivity index (χ3n) is 12.1. The van der Waals surface area contributed by atoms with Crippen LogP contribution in [0, 0.1) is 17.8 Å². The smallest absolute Gasteiger partial charge is 0.309 e. The first kappa shape index (κ1) is 47.9. The molecule has 2 saturated heterocycles. The summed E-state index contributed by atoms with van der Waals surface area (Å²) in [5, 5.41) is 58.6. The Morgan fingerprint density at radius 2 is 1.72 bits per heavy atom. The highest BCUT2D eigenvalue weighted by atomic mass is 32.2. The van der Waals surface area contributed by atoms with Crippen LogP contribution in [0.25, 0.3) is 0 Å². The first-order valence-electron chi connectivity index (χ1n) is 20.6. The molecule has 0 spiro atoms. The number of nitrogens with zero attached hydrogens (tertiary/aromatic N) is 5. The molecule has 0 radical (unpaired) electrons. The van der Waals surface area contributed by atoms with Crippen molar-refractivity contribution in [3.63, 3.8) is 0 Å². The highest BCUT2D eigenvalue weighted by molar-refractivity contribution is 7.90. The van der Waals surface area contributed by atoms with Crippen molar-refractivity contribution in [1.82, 2.24) is 24.8 Å². The molecule has 0 bridgehead atoms. The molecule has 13 atom stereocenters. The number of carbonyl (C=O) groups is 1. The fraction of sp³-hybridized carbons (Fsp3) is 0.780. The van der Waals surface area contributed by atoms with Gasteiger partial charge in [0.15, 0.2) is 16.1 Å². The van der Waals surface area contributed by atoms with Crippen LogP contribution in [0.4, 0.5) is 5.69 Å². The van der Waals surface area contributed by atoms with Crippen LogP contribution < -0.4 is 5.32 Å². The van der Waals surface area contributed by atoms with Crippen molar-refractivity contribution in [3.8, 4) is 0 Å². The van der Waals surface area contributed by atoms with Crippen LogP contribution in [0.2, 0.25) is 0 Å². The maximum atomic E-state index is 13.5. The summed E-state index contributed by atoms with van der Waals surface area (Å²) in [6.07, 6.45) is -0.942. The Balaban J connectivity index is 1.46. The zero-order chi connectivity index (χ0) is 43.3. The molecule has 1 aromatic heterocycles. The lowest BCUT2D eigenvalue weighted by Gasteiger charge is -2.46. The zero-order valence-electron chi connectivity index (χ0n) is 36.3. The SMILES string of the molecule is CC[C@H]1OC(=O)[C@H](C)C[C@H](C)[C@@H](O[C@@H]2O[C@H](C)C[C@H](N(C)CCn3cc(CNc4ccc(S(C)(=O)=O)cc4)nn3)[C@H]2O)[C@](C)(O)C[C@@H](C)CN(C)[C@H](C)[C@@H](O)[C@]1(C)O. The van der Waals surface area contributed by atoms with Crippen molar-refractivity contribution in [3.05, 3.63) is 36.2 Å². The minimum Gasteiger partial charge on any atom is -0.459 e. The molecule has 5 N–H and O–H groups in total. The van der Waals surface area contributed by atoms with Crippen LogP contribution in [0.5, 0.6) is 0 Å². The van der Waals surface area contributed by atoms with E-state index < -0.39 is 69.7 Å². The fourth-order valence-electron chi connectivity index (χ4n) is 8.70. The number of anilines is 1. The molecular formula is C41H70N6O10S. The first-order chi connectivity index (χ1) is 26.9. The fourth-order valence-corrected chi connectivity index (χ4v) is 9.33. The third kappa shape index (κ3) is 12.2. The number of nitrogens with one attached hydrogen (secondary N) is 1. The number of aliphatic hydroxyl groups is 4. The number of hydrogen-bond acceptors (Lipinski definition) is 15. The van der Waals surface area contributed by atoms with E-state index in [1.807, 2.05) is 57.8 Å². The van der Waals surface area contributed by atoms with E-state index in [1.165, 1.54) is 13.2 Å². The summed E-state index contributed by atoms with van der Waals surface area (Å²) >= 11 is 0. The summed E-state index contributed by atoms with van der Waals surface area (Å²) in [7, 11) is 0.505. The number of carbonyl (C=O) groups excluding carboxylic acids is 1. The Morgan fingerprint density at radius 3 is 2.34 bits per heavy atom. The number of ether oxygens (including phenoxy) is 3. The largest absolute Gasteiger partial charge is 0.459 e. The van der Waals surface area contributed by atoms with Crippen molar-refractivity contribution >= 4 is 21.5 Å². The van der Waals surface area contributed by atoms with Gasteiger partial charge in [0.05, 0.1) is 47.9 Å². The number of esters is 1. The molecule has 0 amide bonds. The zero-order valence-corrected chi connectivity index (χ0v) is 37.1. The average molecular weight is 839 g/mol. The maximum absolute atomic E-state index is 13.5. The van der Waals surface area contributed by atoms with Gasteiger partial charge in [0.2, 0.25) is 0 Å². The highest BCUT2D eigenvalue weighted by Crippen LogP contribution is 2.36. The molecule has 2 aliphatic heterocycles. The second-order valence-electron chi connectivity index (χ2n) is 17.7. The van der Waals surface area contributed by atoms with E-state index in [2.05, 4.69) is 15.6 Å². The molecule has 17 heteroatoms. The maximum Gasteiger partial charge on any atom is 0.309 e. The van der Waals surface area contributed by atoms with E-state index in [4.69, 9.17) is 14.2 Å². The van der Waals surface area contributed by atoms with Crippen molar-refractivity contribution < 1.29 is 47.8 Å². The van der Waals surface area contributed by atoms with Crippen LogP contribution in [0.15, 0.2) is 35.4 Å². The standard InChI is InChI=1S/C41H70N6O10S/c1-12-34-41(8,52)36(49)29(6)46(10)23-25(2)21-40(7,51)37(26(3)19-27(4)38(50)56-34)57-39-35(48)33(20-28(5)55-39)45(9)17-18-47-24-31(43-44-47)22-42-30-13-15-32(16-14-30)58(11,53)54/h13-16,24-29,33-37,39,42,48-49,51-52H,12,17-23H2,1-11H3/t25-,26+,27-,28-,29-,33+,34-,35-,36-,37-,39+,40-,41-/m1/s1. The highest BCUT2D eigenvalue weighted by Gasteiger charge is 2.48. The van der Waals surface area contributed by atoms with E-state index in [9.17, 15) is 33.6 Å². The number of cyclic esters (lactones) is 1. The first-order valence-corrected chi connectivity index (χ1v) is 22.5. The molecule has 4 rings (SSSR count). The molecule has 330 valence electrons. The number of aliphatic hydroxyl groups excluding tert-OH is 2. The Kier molecular flexibility index (Phi) is 16.3. The number of benzene rings is 1. The normalized spacial score (nSPS) is 36.6. The van der Waals surface area contributed by atoms with Gasteiger partial charge in [0.25, 0.3) is 0 Å². The molecule has 0 saturated carbocycles. The summed E-state index contributed by atoms with van der Waals surface area (Å²) < 4.78 is 44.0. The van der Waals surface area contributed by atoms with Gasteiger partial charge in [-0.1, -0.05) is 32.9 Å². The van der Waals surface area contributed by atoms with E-state index in [-0.39, 0.29) is 35.3 Å². The lowest BCUT2D eigenvalue weighted by molar-refractivity contribution is -0.296. The number of aromatic nitrogens is 3. The molecule has 1 aromatic carbocycles. The predicted octanol–water partition coefficient (Wildman–Crippen LogP) is 2.68. The molecule has 16 nitrogen and oxygen atoms in total. The van der Waals surface area contributed by atoms with Crippen LogP contribution in [0.3, 0.4) is 0 Å². The number of rotatable bonds is 11. The number of likely N-dealkylation sites (N-methyl/N-ethyl adjacent to an activating group) is 2. The van der Waals surface area contributed by atoms with Gasteiger partial charge in [-0.2, -0.15) is 0 Å². The van der Waals surface area contributed by atoms with Crippen LogP contribution >= 0.6 is 0 Å². The third-order valence-corrected chi connectivity index (χ3v) is 13.3. The Labute approximate surface area is 345 Å². The predicted molar refractivity (Wildman–Crippen MR) is 219 cm³/mol.